The molecule has 3 heterocycles. The number of aryl methyl sites for hydroxylation is 1. The van der Waals surface area contributed by atoms with E-state index in [0.717, 1.165) is 18.5 Å². The van der Waals surface area contributed by atoms with Crippen molar-refractivity contribution in [2.24, 2.45) is 5.92 Å². The Morgan fingerprint density at radius 2 is 2.14 bits per heavy atom. The van der Waals surface area contributed by atoms with Gasteiger partial charge in [-0.1, -0.05) is 6.92 Å². The van der Waals surface area contributed by atoms with Gasteiger partial charge in [0.15, 0.2) is 0 Å². The minimum Gasteiger partial charge on any atom is -0.337 e. The maximum atomic E-state index is 12.6. The molecule has 0 aliphatic carbocycles. The Morgan fingerprint density at radius 1 is 1.36 bits per heavy atom. The van der Waals surface area contributed by atoms with Gasteiger partial charge in [0.2, 0.25) is 10.0 Å². The Labute approximate surface area is 131 Å². The summed E-state index contributed by atoms with van der Waals surface area (Å²) < 4.78 is 25.2. The van der Waals surface area contributed by atoms with Crippen LogP contribution in [-0.4, -0.2) is 60.4 Å². The Hall–Kier alpha value is -1.47. The van der Waals surface area contributed by atoms with Crippen LogP contribution in [0.15, 0.2) is 18.3 Å². The van der Waals surface area contributed by atoms with Gasteiger partial charge in [-0.2, -0.15) is 4.31 Å². The van der Waals surface area contributed by atoms with Gasteiger partial charge in [-0.05, 0) is 30.9 Å². The molecule has 1 aromatic rings. The minimum absolute atomic E-state index is 0.0574. The van der Waals surface area contributed by atoms with Crippen LogP contribution in [-0.2, 0) is 16.4 Å². The molecule has 7 heteroatoms. The summed E-state index contributed by atoms with van der Waals surface area (Å²) in [6.07, 6.45) is 4.52. The van der Waals surface area contributed by atoms with Gasteiger partial charge in [0.05, 0.1) is 11.8 Å². The maximum Gasteiger partial charge on any atom is 0.255 e. The van der Waals surface area contributed by atoms with Crippen LogP contribution >= 0.6 is 0 Å². The number of nitrogens with zero attached hydrogens (tertiary/aromatic N) is 3. The molecule has 0 unspecified atom stereocenters. The third kappa shape index (κ3) is 2.75. The number of amides is 1. The molecule has 1 amide bonds. The molecule has 0 spiro atoms. The van der Waals surface area contributed by atoms with Gasteiger partial charge in [-0.3, -0.25) is 9.78 Å². The average molecular weight is 323 g/mol. The molecule has 6 nitrogen and oxygen atoms in total. The zero-order chi connectivity index (χ0) is 15.9. The highest BCUT2D eigenvalue weighted by Crippen LogP contribution is 2.33. The summed E-state index contributed by atoms with van der Waals surface area (Å²) in [5.74, 6) is 0.194. The molecule has 2 aliphatic rings. The normalized spacial score (nSPS) is 25.5. The van der Waals surface area contributed by atoms with Crippen LogP contribution in [0.5, 0.6) is 0 Å². The maximum absolute atomic E-state index is 12.6. The van der Waals surface area contributed by atoms with Crippen molar-refractivity contribution in [2.45, 2.75) is 25.8 Å². The predicted molar refractivity (Wildman–Crippen MR) is 83.0 cm³/mol. The molecule has 0 radical (unpaired) electrons. The zero-order valence-corrected chi connectivity index (χ0v) is 13.7. The lowest BCUT2D eigenvalue weighted by atomic mass is 10.1. The predicted octanol–water partition coefficient (Wildman–Crippen LogP) is 0.750. The molecular weight excluding hydrogens is 302 g/mol. The van der Waals surface area contributed by atoms with E-state index < -0.39 is 10.0 Å². The van der Waals surface area contributed by atoms with E-state index in [0.29, 0.717) is 25.2 Å². The molecule has 2 atom stereocenters. The van der Waals surface area contributed by atoms with Crippen molar-refractivity contribution in [1.82, 2.24) is 14.2 Å². The van der Waals surface area contributed by atoms with Crippen LogP contribution < -0.4 is 0 Å². The summed E-state index contributed by atoms with van der Waals surface area (Å²) in [6, 6.07) is 3.60. The molecule has 0 saturated carbocycles. The Balaban J connectivity index is 1.73. The van der Waals surface area contributed by atoms with Gasteiger partial charge < -0.3 is 4.90 Å². The van der Waals surface area contributed by atoms with Crippen LogP contribution in [0, 0.1) is 5.92 Å². The molecule has 120 valence electrons. The van der Waals surface area contributed by atoms with Crippen molar-refractivity contribution in [3.05, 3.63) is 29.6 Å². The first kappa shape index (κ1) is 15.4. The van der Waals surface area contributed by atoms with Crippen molar-refractivity contribution in [1.29, 1.82) is 0 Å². The highest BCUT2D eigenvalue weighted by atomic mass is 32.2. The summed E-state index contributed by atoms with van der Waals surface area (Å²) in [7, 11) is -3.20. The number of carbonyl (C=O) groups excluding carboxylic acids is 1. The average Bonchev–Trinajstić information content (AvgIpc) is 3.05. The summed E-state index contributed by atoms with van der Waals surface area (Å²) in [6.45, 7) is 3.70. The quantitative estimate of drug-likeness (QED) is 0.823. The lowest BCUT2D eigenvalue weighted by Gasteiger charge is -2.22. The number of fused-ring (bicyclic) bond motifs is 1. The van der Waals surface area contributed by atoms with E-state index in [9.17, 15) is 13.2 Å². The van der Waals surface area contributed by atoms with Crippen LogP contribution in [0.1, 0.15) is 29.4 Å². The summed E-state index contributed by atoms with van der Waals surface area (Å²) >= 11 is 0. The second-order valence-corrected chi connectivity index (χ2v) is 8.03. The molecule has 0 aromatic carbocycles. The second kappa shape index (κ2) is 5.62. The van der Waals surface area contributed by atoms with Gasteiger partial charge in [-0.25, -0.2) is 8.42 Å². The Bertz CT molecular complexity index is 672. The number of carbonyl (C=O) groups is 1. The van der Waals surface area contributed by atoms with E-state index in [4.69, 9.17) is 0 Å². The van der Waals surface area contributed by atoms with Crippen LogP contribution in [0.3, 0.4) is 0 Å². The fourth-order valence-corrected chi connectivity index (χ4v) is 4.61. The van der Waals surface area contributed by atoms with Crippen LogP contribution in [0.4, 0.5) is 0 Å². The van der Waals surface area contributed by atoms with Crippen molar-refractivity contribution in [3.8, 4) is 0 Å². The van der Waals surface area contributed by atoms with E-state index in [-0.39, 0.29) is 17.9 Å². The summed E-state index contributed by atoms with van der Waals surface area (Å²) in [5.41, 5.74) is 1.53. The molecule has 2 fully saturated rings. The van der Waals surface area contributed by atoms with Crippen molar-refractivity contribution >= 4 is 15.9 Å². The van der Waals surface area contributed by atoms with Crippen molar-refractivity contribution in [2.75, 3.05) is 25.9 Å². The largest absolute Gasteiger partial charge is 0.337 e. The first-order valence-electron chi connectivity index (χ1n) is 7.61. The SMILES string of the molecule is CCc1ccc(C(=O)N2C[C@H]3CCN(S(C)(=O)=O)[C@H]3C2)cn1. The van der Waals surface area contributed by atoms with E-state index >= 15 is 0 Å². The van der Waals surface area contributed by atoms with Crippen molar-refractivity contribution < 1.29 is 13.2 Å². The lowest BCUT2D eigenvalue weighted by molar-refractivity contribution is 0.0778. The second-order valence-electron chi connectivity index (χ2n) is 6.09. The molecule has 2 aliphatic heterocycles. The fourth-order valence-electron chi connectivity index (χ4n) is 3.44. The number of sulfonamides is 1. The van der Waals surface area contributed by atoms with E-state index in [2.05, 4.69) is 4.98 Å². The smallest absolute Gasteiger partial charge is 0.255 e. The van der Waals surface area contributed by atoms with Crippen molar-refractivity contribution in [3.63, 3.8) is 0 Å². The first-order valence-corrected chi connectivity index (χ1v) is 9.46. The third-order valence-corrected chi connectivity index (χ3v) is 5.95. The Morgan fingerprint density at radius 3 is 2.73 bits per heavy atom. The zero-order valence-electron chi connectivity index (χ0n) is 12.9. The minimum atomic E-state index is -3.20. The van der Waals surface area contributed by atoms with Crippen LogP contribution in [0.25, 0.3) is 0 Å². The molecule has 0 bridgehead atoms. The van der Waals surface area contributed by atoms with E-state index in [1.807, 2.05) is 13.0 Å². The van der Waals surface area contributed by atoms with E-state index in [1.54, 1.807) is 21.5 Å². The molecule has 22 heavy (non-hydrogen) atoms. The van der Waals surface area contributed by atoms with Crippen LogP contribution in [0.2, 0.25) is 0 Å². The van der Waals surface area contributed by atoms with E-state index in [1.165, 1.54) is 6.26 Å². The monoisotopic (exact) mass is 323 g/mol. The molecular formula is C15H21N3O3S. The fraction of sp³-hybridized carbons (Fsp3) is 0.600. The highest BCUT2D eigenvalue weighted by Gasteiger charge is 2.46. The third-order valence-electron chi connectivity index (χ3n) is 4.64. The molecule has 3 rings (SSSR count). The number of hydrogen-bond acceptors (Lipinski definition) is 4. The van der Waals surface area contributed by atoms with Gasteiger partial charge >= 0.3 is 0 Å². The standard InChI is InChI=1S/C15H21N3O3S/c1-3-13-5-4-11(8-16-13)15(19)17-9-12-6-7-18(14(12)10-17)22(2,20)21/h4-5,8,12,14H,3,6-7,9-10H2,1-2H3/t12-,14+/m1/s1. The molecule has 1 aromatic heterocycles. The lowest BCUT2D eigenvalue weighted by Crippen LogP contribution is -2.40. The number of pyridine rings is 1. The summed E-state index contributed by atoms with van der Waals surface area (Å²) in [5, 5.41) is 0. The summed E-state index contributed by atoms with van der Waals surface area (Å²) in [4.78, 5) is 18.6. The van der Waals surface area contributed by atoms with Gasteiger partial charge in [0.25, 0.3) is 5.91 Å². The number of aromatic nitrogens is 1. The van der Waals surface area contributed by atoms with Gasteiger partial charge in [0.1, 0.15) is 0 Å². The molecule has 0 N–H and O–H groups in total. The Kier molecular flexibility index (Phi) is 3.94. The number of hydrogen-bond donors (Lipinski definition) is 0. The first-order chi connectivity index (χ1) is 10.4. The topological polar surface area (TPSA) is 70.6 Å². The highest BCUT2D eigenvalue weighted by molar-refractivity contribution is 7.88. The molecule has 2 saturated heterocycles. The number of rotatable bonds is 3. The van der Waals surface area contributed by atoms with Gasteiger partial charge in [-0.15, -0.1) is 0 Å². The number of likely N-dealkylation sites (tertiary alicyclic amines) is 1. The van der Waals surface area contributed by atoms with Gasteiger partial charge in [0, 0.05) is 37.6 Å².